The zero-order valence-corrected chi connectivity index (χ0v) is 11.2. The molecule has 0 aromatic heterocycles. The summed E-state index contributed by atoms with van der Waals surface area (Å²) in [5.41, 5.74) is 0.265. The minimum Gasteiger partial charge on any atom is -0.381 e. The summed E-state index contributed by atoms with van der Waals surface area (Å²) < 4.78 is 5.51. The van der Waals surface area contributed by atoms with Crippen LogP contribution < -0.4 is 5.32 Å². The third-order valence-corrected chi connectivity index (χ3v) is 2.99. The van der Waals surface area contributed by atoms with Gasteiger partial charge in [-0.25, -0.2) is 0 Å². The third kappa shape index (κ3) is 5.83. The van der Waals surface area contributed by atoms with Crippen molar-refractivity contribution in [3.8, 4) is 0 Å². The molecular weight excluding hydrogens is 200 g/mol. The highest BCUT2D eigenvalue weighted by molar-refractivity contribution is 4.84. The van der Waals surface area contributed by atoms with Gasteiger partial charge in [0, 0.05) is 31.8 Å². The lowest BCUT2D eigenvalue weighted by atomic mass is 10.1. The highest BCUT2D eigenvalue weighted by Gasteiger charge is 2.23. The van der Waals surface area contributed by atoms with E-state index in [-0.39, 0.29) is 5.54 Å². The Morgan fingerprint density at radius 1 is 1.31 bits per heavy atom. The summed E-state index contributed by atoms with van der Waals surface area (Å²) in [5, 5.41) is 3.59. The van der Waals surface area contributed by atoms with Crippen molar-refractivity contribution >= 4 is 0 Å². The van der Waals surface area contributed by atoms with Crippen LogP contribution >= 0.6 is 0 Å². The Morgan fingerprint density at radius 2 is 2.12 bits per heavy atom. The summed E-state index contributed by atoms with van der Waals surface area (Å²) in [4.78, 5) is 2.56. The molecule has 0 aliphatic carbocycles. The average Bonchev–Trinajstić information content (AvgIpc) is 2.39. The van der Waals surface area contributed by atoms with Gasteiger partial charge in [0.25, 0.3) is 0 Å². The van der Waals surface area contributed by atoms with Crippen molar-refractivity contribution in [2.75, 3.05) is 39.4 Å². The minimum atomic E-state index is 0.265. The van der Waals surface area contributed by atoms with Gasteiger partial charge in [0.15, 0.2) is 0 Å². The molecule has 0 bridgehead atoms. The number of rotatable bonds is 6. The van der Waals surface area contributed by atoms with Crippen LogP contribution in [0.5, 0.6) is 0 Å². The summed E-state index contributed by atoms with van der Waals surface area (Å²) in [7, 11) is 0. The van der Waals surface area contributed by atoms with E-state index in [0.29, 0.717) is 0 Å². The number of hydrogen-bond donors (Lipinski definition) is 1. The number of nitrogens with zero attached hydrogens (tertiary/aromatic N) is 1. The van der Waals surface area contributed by atoms with Crippen LogP contribution in [0.15, 0.2) is 0 Å². The molecule has 1 saturated heterocycles. The molecule has 1 aliphatic rings. The number of hydrogen-bond acceptors (Lipinski definition) is 3. The monoisotopic (exact) mass is 228 g/mol. The second kappa shape index (κ2) is 7.25. The van der Waals surface area contributed by atoms with Gasteiger partial charge in [0.1, 0.15) is 0 Å². The molecule has 96 valence electrons. The fourth-order valence-corrected chi connectivity index (χ4v) is 2.25. The van der Waals surface area contributed by atoms with Gasteiger partial charge in [0.05, 0.1) is 0 Å². The van der Waals surface area contributed by atoms with E-state index in [1.54, 1.807) is 0 Å². The Hall–Kier alpha value is -0.120. The normalized spacial score (nSPS) is 21.9. The van der Waals surface area contributed by atoms with Crippen molar-refractivity contribution in [1.29, 1.82) is 0 Å². The molecule has 0 aromatic rings. The fraction of sp³-hybridized carbons (Fsp3) is 1.00. The predicted octanol–water partition coefficient (Wildman–Crippen LogP) is 1.88. The van der Waals surface area contributed by atoms with Crippen LogP contribution in [0.1, 0.15) is 40.0 Å². The molecule has 0 atom stereocenters. The van der Waals surface area contributed by atoms with Crippen molar-refractivity contribution in [3.05, 3.63) is 0 Å². The van der Waals surface area contributed by atoms with Crippen LogP contribution in [0.3, 0.4) is 0 Å². The van der Waals surface area contributed by atoms with Gasteiger partial charge in [-0.3, -0.25) is 0 Å². The lowest BCUT2D eigenvalue weighted by Crippen LogP contribution is -2.46. The maximum atomic E-state index is 5.51. The van der Waals surface area contributed by atoms with Crippen molar-refractivity contribution in [2.24, 2.45) is 0 Å². The highest BCUT2D eigenvalue weighted by atomic mass is 16.5. The summed E-state index contributed by atoms with van der Waals surface area (Å²) in [6.45, 7) is 13.3. The molecule has 0 aromatic carbocycles. The summed E-state index contributed by atoms with van der Waals surface area (Å²) in [6, 6.07) is 0. The van der Waals surface area contributed by atoms with Crippen molar-refractivity contribution in [3.63, 3.8) is 0 Å². The molecule has 0 saturated carbocycles. The fourth-order valence-electron chi connectivity index (χ4n) is 2.25. The maximum absolute atomic E-state index is 5.51. The van der Waals surface area contributed by atoms with Gasteiger partial charge in [-0.1, -0.05) is 6.92 Å². The van der Waals surface area contributed by atoms with Crippen LogP contribution in [-0.4, -0.2) is 49.8 Å². The lowest BCUT2D eigenvalue weighted by Gasteiger charge is -2.29. The molecule has 0 unspecified atom stereocenters. The lowest BCUT2D eigenvalue weighted by molar-refractivity contribution is 0.118. The molecular formula is C13H28N2O. The second-order valence-corrected chi connectivity index (χ2v) is 5.41. The standard InChI is InChI=1S/C13H28N2O/c1-4-10-16-11-6-9-15-8-5-7-14-13(2,3)12-15/h14H,4-12H2,1-3H3. The summed E-state index contributed by atoms with van der Waals surface area (Å²) in [5.74, 6) is 0. The molecule has 3 heteroatoms. The van der Waals surface area contributed by atoms with Gasteiger partial charge in [-0.05, 0) is 46.2 Å². The van der Waals surface area contributed by atoms with Crippen molar-refractivity contribution in [1.82, 2.24) is 10.2 Å². The first-order chi connectivity index (χ1) is 7.64. The first-order valence-corrected chi connectivity index (χ1v) is 6.69. The zero-order chi connectivity index (χ0) is 11.9. The van der Waals surface area contributed by atoms with E-state index in [2.05, 4.69) is 31.0 Å². The summed E-state index contributed by atoms with van der Waals surface area (Å²) in [6.07, 6.45) is 3.55. The van der Waals surface area contributed by atoms with Crippen LogP contribution in [0, 0.1) is 0 Å². The molecule has 1 N–H and O–H groups in total. The van der Waals surface area contributed by atoms with Crippen molar-refractivity contribution in [2.45, 2.75) is 45.6 Å². The van der Waals surface area contributed by atoms with E-state index >= 15 is 0 Å². The number of ether oxygens (including phenoxy) is 1. The van der Waals surface area contributed by atoms with E-state index < -0.39 is 0 Å². The molecule has 1 fully saturated rings. The van der Waals surface area contributed by atoms with E-state index in [1.807, 2.05) is 0 Å². The first-order valence-electron chi connectivity index (χ1n) is 6.69. The van der Waals surface area contributed by atoms with Crippen LogP contribution in [-0.2, 0) is 4.74 Å². The van der Waals surface area contributed by atoms with E-state index in [9.17, 15) is 0 Å². The van der Waals surface area contributed by atoms with E-state index in [0.717, 1.165) is 39.1 Å². The average molecular weight is 228 g/mol. The molecule has 3 nitrogen and oxygen atoms in total. The SMILES string of the molecule is CCCOCCCN1CCCNC(C)(C)C1. The molecule has 16 heavy (non-hydrogen) atoms. The molecule has 1 aliphatic heterocycles. The Kier molecular flexibility index (Phi) is 6.32. The van der Waals surface area contributed by atoms with Crippen molar-refractivity contribution < 1.29 is 4.74 Å². The Morgan fingerprint density at radius 3 is 2.88 bits per heavy atom. The van der Waals surface area contributed by atoms with Gasteiger partial charge < -0.3 is 15.0 Å². The van der Waals surface area contributed by atoms with Gasteiger partial charge in [-0.15, -0.1) is 0 Å². The van der Waals surface area contributed by atoms with Crippen LogP contribution in [0.2, 0.25) is 0 Å². The molecule has 1 heterocycles. The Labute approximate surface area is 101 Å². The zero-order valence-electron chi connectivity index (χ0n) is 11.2. The Balaban J connectivity index is 2.14. The quantitative estimate of drug-likeness (QED) is 0.703. The third-order valence-electron chi connectivity index (χ3n) is 2.99. The van der Waals surface area contributed by atoms with Gasteiger partial charge >= 0.3 is 0 Å². The van der Waals surface area contributed by atoms with Gasteiger partial charge in [-0.2, -0.15) is 0 Å². The molecule has 0 radical (unpaired) electrons. The summed E-state index contributed by atoms with van der Waals surface area (Å²) >= 11 is 0. The number of nitrogens with one attached hydrogen (secondary N) is 1. The van der Waals surface area contributed by atoms with Gasteiger partial charge in [0.2, 0.25) is 0 Å². The smallest absolute Gasteiger partial charge is 0.0478 e. The highest BCUT2D eigenvalue weighted by Crippen LogP contribution is 2.10. The first kappa shape index (κ1) is 13.9. The van der Waals surface area contributed by atoms with E-state index in [1.165, 1.54) is 19.5 Å². The van der Waals surface area contributed by atoms with Crippen LogP contribution in [0.4, 0.5) is 0 Å². The largest absolute Gasteiger partial charge is 0.381 e. The molecule has 1 rings (SSSR count). The van der Waals surface area contributed by atoms with Crippen LogP contribution in [0.25, 0.3) is 0 Å². The maximum Gasteiger partial charge on any atom is 0.0478 e. The van der Waals surface area contributed by atoms with E-state index in [4.69, 9.17) is 4.74 Å². The Bertz CT molecular complexity index is 183. The minimum absolute atomic E-state index is 0.265. The predicted molar refractivity (Wildman–Crippen MR) is 68.9 cm³/mol. The molecule has 0 amide bonds. The molecule has 0 spiro atoms. The second-order valence-electron chi connectivity index (χ2n) is 5.41. The topological polar surface area (TPSA) is 24.5 Å².